The number of benzene rings is 2. The highest BCUT2D eigenvalue weighted by Gasteiger charge is 2.09. The highest BCUT2D eigenvalue weighted by Crippen LogP contribution is 2.28. The largest absolute Gasteiger partial charge is 0.444 e. The summed E-state index contributed by atoms with van der Waals surface area (Å²) in [5, 5.41) is 11.4. The van der Waals surface area contributed by atoms with Gasteiger partial charge in [-0.15, -0.1) is 5.10 Å². The summed E-state index contributed by atoms with van der Waals surface area (Å²) < 4.78 is 5.57. The van der Waals surface area contributed by atoms with Crippen molar-refractivity contribution in [3.8, 4) is 11.5 Å². The Hall–Kier alpha value is -2.66. The van der Waals surface area contributed by atoms with Crippen LogP contribution in [0.5, 0.6) is 0 Å². The van der Waals surface area contributed by atoms with E-state index < -0.39 is 0 Å². The lowest BCUT2D eigenvalue weighted by atomic mass is 10.2. The molecule has 0 bridgehead atoms. The van der Waals surface area contributed by atoms with Crippen LogP contribution in [0.25, 0.3) is 22.2 Å². The van der Waals surface area contributed by atoms with Gasteiger partial charge in [0.05, 0.1) is 11.9 Å². The summed E-state index contributed by atoms with van der Waals surface area (Å²) in [5.41, 5.74) is 1.87. The van der Waals surface area contributed by atoms with Gasteiger partial charge in [0, 0.05) is 22.1 Å². The zero-order chi connectivity index (χ0) is 15.5. The number of nitrogens with zero attached hydrogens (tertiary/aromatic N) is 3. The Balaban J connectivity index is 1.54. The molecular formula is C18H13N3OS. The Labute approximate surface area is 137 Å². The van der Waals surface area contributed by atoms with Gasteiger partial charge in [-0.05, 0) is 12.1 Å². The number of hydrogen-bond donors (Lipinski definition) is 0. The van der Waals surface area contributed by atoms with E-state index in [0.29, 0.717) is 11.6 Å². The van der Waals surface area contributed by atoms with Crippen molar-refractivity contribution in [2.24, 2.45) is 0 Å². The molecule has 0 aliphatic rings. The number of hydrogen-bond acceptors (Lipinski definition) is 5. The maximum Gasteiger partial charge on any atom is 0.226 e. The van der Waals surface area contributed by atoms with Crippen molar-refractivity contribution in [2.45, 2.75) is 10.8 Å². The molecule has 0 saturated heterocycles. The van der Waals surface area contributed by atoms with E-state index in [1.54, 1.807) is 24.2 Å². The second kappa shape index (κ2) is 6.22. The SMILES string of the molecule is c1ccc(-c2nc(CSc3nncc4ccccc34)co2)cc1. The van der Waals surface area contributed by atoms with Crippen molar-refractivity contribution >= 4 is 22.5 Å². The molecule has 5 heteroatoms. The molecule has 0 atom stereocenters. The van der Waals surface area contributed by atoms with Gasteiger partial charge in [0.25, 0.3) is 0 Å². The first-order valence-corrected chi connectivity index (χ1v) is 8.22. The van der Waals surface area contributed by atoms with E-state index in [9.17, 15) is 0 Å². The third-order valence-electron chi connectivity index (χ3n) is 3.47. The lowest BCUT2D eigenvalue weighted by Gasteiger charge is -2.02. The van der Waals surface area contributed by atoms with Gasteiger partial charge < -0.3 is 4.42 Å². The maximum atomic E-state index is 5.57. The van der Waals surface area contributed by atoms with Crippen LogP contribution in [0.3, 0.4) is 0 Å². The summed E-state index contributed by atoms with van der Waals surface area (Å²) in [5.74, 6) is 1.34. The zero-order valence-electron chi connectivity index (χ0n) is 12.2. The van der Waals surface area contributed by atoms with Crippen molar-refractivity contribution in [1.29, 1.82) is 0 Å². The highest BCUT2D eigenvalue weighted by atomic mass is 32.2. The topological polar surface area (TPSA) is 51.8 Å². The van der Waals surface area contributed by atoms with Gasteiger partial charge in [-0.25, -0.2) is 4.98 Å². The van der Waals surface area contributed by atoms with E-state index in [1.165, 1.54) is 0 Å². The molecule has 0 aliphatic carbocycles. The Morgan fingerprint density at radius 3 is 2.70 bits per heavy atom. The Kier molecular flexibility index (Phi) is 3.78. The summed E-state index contributed by atoms with van der Waals surface area (Å²) in [6.45, 7) is 0. The summed E-state index contributed by atoms with van der Waals surface area (Å²) in [7, 11) is 0. The van der Waals surface area contributed by atoms with Gasteiger partial charge in [-0.3, -0.25) is 0 Å². The quantitative estimate of drug-likeness (QED) is 0.515. The van der Waals surface area contributed by atoms with E-state index >= 15 is 0 Å². The number of oxazole rings is 1. The average molecular weight is 319 g/mol. The van der Waals surface area contributed by atoms with Gasteiger partial charge in [0.2, 0.25) is 5.89 Å². The van der Waals surface area contributed by atoms with Crippen LogP contribution in [-0.4, -0.2) is 15.2 Å². The predicted octanol–water partition coefficient (Wildman–Crippen LogP) is 4.58. The van der Waals surface area contributed by atoms with Crippen molar-refractivity contribution in [3.05, 3.63) is 72.8 Å². The van der Waals surface area contributed by atoms with E-state index in [-0.39, 0.29) is 0 Å². The molecule has 2 aromatic carbocycles. The van der Waals surface area contributed by atoms with Gasteiger partial charge in [0.1, 0.15) is 11.3 Å². The maximum absolute atomic E-state index is 5.57. The van der Waals surface area contributed by atoms with Crippen LogP contribution in [0, 0.1) is 0 Å². The molecule has 2 heterocycles. The van der Waals surface area contributed by atoms with Crippen LogP contribution in [0.2, 0.25) is 0 Å². The molecule has 0 amide bonds. The number of rotatable bonds is 4. The fraction of sp³-hybridized carbons (Fsp3) is 0.0556. The fourth-order valence-corrected chi connectivity index (χ4v) is 3.20. The van der Waals surface area contributed by atoms with Crippen molar-refractivity contribution < 1.29 is 4.42 Å². The lowest BCUT2D eigenvalue weighted by molar-refractivity contribution is 0.573. The molecule has 0 N–H and O–H groups in total. The standard InChI is InChI=1S/C18H13N3OS/c1-2-6-13(7-3-1)17-20-15(11-22-17)12-23-18-16-9-5-4-8-14(16)10-19-21-18/h1-11H,12H2. The normalized spacial score (nSPS) is 11.0. The van der Waals surface area contributed by atoms with Crippen molar-refractivity contribution in [3.63, 3.8) is 0 Å². The first kappa shape index (κ1) is 14.0. The summed E-state index contributed by atoms with van der Waals surface area (Å²) in [6.07, 6.45) is 3.48. The lowest BCUT2D eigenvalue weighted by Crippen LogP contribution is -1.89. The minimum atomic E-state index is 0.644. The Bertz CT molecular complexity index is 932. The van der Waals surface area contributed by atoms with E-state index in [0.717, 1.165) is 27.1 Å². The molecule has 23 heavy (non-hydrogen) atoms. The predicted molar refractivity (Wildman–Crippen MR) is 91.0 cm³/mol. The van der Waals surface area contributed by atoms with Crippen molar-refractivity contribution in [1.82, 2.24) is 15.2 Å². The van der Waals surface area contributed by atoms with Gasteiger partial charge in [-0.1, -0.05) is 54.2 Å². The van der Waals surface area contributed by atoms with Crippen LogP contribution < -0.4 is 0 Å². The molecule has 4 nitrogen and oxygen atoms in total. The molecule has 0 spiro atoms. The fourth-order valence-electron chi connectivity index (χ4n) is 2.34. The second-order valence-corrected chi connectivity index (χ2v) is 6.00. The van der Waals surface area contributed by atoms with Gasteiger partial charge in [-0.2, -0.15) is 5.10 Å². The molecule has 112 valence electrons. The van der Waals surface area contributed by atoms with Crippen LogP contribution >= 0.6 is 11.8 Å². The van der Waals surface area contributed by atoms with E-state index in [1.807, 2.05) is 48.5 Å². The number of fused-ring (bicyclic) bond motifs is 1. The molecule has 0 saturated carbocycles. The third-order valence-corrected chi connectivity index (χ3v) is 4.48. The molecular weight excluding hydrogens is 306 g/mol. The van der Waals surface area contributed by atoms with Crippen LogP contribution in [-0.2, 0) is 5.75 Å². The minimum Gasteiger partial charge on any atom is -0.444 e. The van der Waals surface area contributed by atoms with Crippen LogP contribution in [0.15, 0.2) is 76.5 Å². The highest BCUT2D eigenvalue weighted by molar-refractivity contribution is 7.98. The molecule has 0 fully saturated rings. The smallest absolute Gasteiger partial charge is 0.226 e. The zero-order valence-corrected chi connectivity index (χ0v) is 13.0. The molecule has 0 aliphatic heterocycles. The number of thioether (sulfide) groups is 1. The van der Waals surface area contributed by atoms with Crippen molar-refractivity contribution in [2.75, 3.05) is 0 Å². The summed E-state index contributed by atoms with van der Waals surface area (Å²) >= 11 is 1.62. The minimum absolute atomic E-state index is 0.644. The Morgan fingerprint density at radius 2 is 1.78 bits per heavy atom. The molecule has 0 unspecified atom stereocenters. The monoisotopic (exact) mass is 319 g/mol. The number of aromatic nitrogens is 3. The van der Waals surface area contributed by atoms with Gasteiger partial charge in [0.15, 0.2) is 0 Å². The Morgan fingerprint density at radius 1 is 0.957 bits per heavy atom. The molecule has 4 aromatic rings. The molecule has 0 radical (unpaired) electrons. The van der Waals surface area contributed by atoms with Crippen LogP contribution in [0.4, 0.5) is 0 Å². The summed E-state index contributed by atoms with van der Waals surface area (Å²) in [4.78, 5) is 4.54. The third kappa shape index (κ3) is 2.96. The van der Waals surface area contributed by atoms with E-state index in [4.69, 9.17) is 4.42 Å². The van der Waals surface area contributed by atoms with Crippen LogP contribution in [0.1, 0.15) is 5.69 Å². The molecule has 4 rings (SSSR count). The summed E-state index contributed by atoms with van der Waals surface area (Å²) in [6, 6.07) is 18.0. The van der Waals surface area contributed by atoms with E-state index in [2.05, 4.69) is 21.2 Å². The second-order valence-electron chi connectivity index (χ2n) is 5.04. The van der Waals surface area contributed by atoms with Gasteiger partial charge >= 0.3 is 0 Å². The first-order valence-electron chi connectivity index (χ1n) is 7.23. The first-order chi connectivity index (χ1) is 11.4. The average Bonchev–Trinajstić information content (AvgIpc) is 3.10. The molecule has 2 aromatic heterocycles.